The van der Waals surface area contributed by atoms with Gasteiger partial charge in [-0.15, -0.1) is 11.3 Å². The van der Waals surface area contributed by atoms with Gasteiger partial charge in [-0.25, -0.2) is 4.39 Å². The first-order valence-corrected chi connectivity index (χ1v) is 14.0. The molecule has 5 rings (SSSR count). The van der Waals surface area contributed by atoms with E-state index in [0.717, 1.165) is 58.6 Å². The molecule has 37 heavy (non-hydrogen) atoms. The van der Waals surface area contributed by atoms with Gasteiger partial charge < -0.3 is 9.64 Å². The van der Waals surface area contributed by atoms with Crippen molar-refractivity contribution in [1.29, 1.82) is 0 Å². The number of hydrogen-bond acceptors (Lipinski definition) is 3. The minimum atomic E-state index is -0.310. The van der Waals surface area contributed by atoms with Crippen LogP contribution in [0.25, 0.3) is 21.2 Å². The van der Waals surface area contributed by atoms with Crippen molar-refractivity contribution in [1.82, 2.24) is 4.90 Å². The summed E-state index contributed by atoms with van der Waals surface area (Å²) in [6.07, 6.45) is 4.49. The Morgan fingerprint density at radius 2 is 1.73 bits per heavy atom. The number of ether oxygens (including phenoxy) is 1. The number of methoxy groups -OCH3 is 1. The van der Waals surface area contributed by atoms with Gasteiger partial charge in [0.1, 0.15) is 16.4 Å². The quantitative estimate of drug-likeness (QED) is 0.236. The summed E-state index contributed by atoms with van der Waals surface area (Å²) in [6, 6.07) is 20.6. The monoisotopic (exact) mass is 535 g/mol. The van der Waals surface area contributed by atoms with E-state index in [0.29, 0.717) is 27.9 Å². The molecule has 3 aromatic carbocycles. The molecule has 1 aliphatic rings. The predicted octanol–water partition coefficient (Wildman–Crippen LogP) is 8.84. The fourth-order valence-corrected chi connectivity index (χ4v) is 6.68. The second-order valence-corrected chi connectivity index (χ2v) is 11.5. The second-order valence-electron chi connectivity index (χ2n) is 10.1. The summed E-state index contributed by atoms with van der Waals surface area (Å²) in [5, 5.41) is 1.37. The predicted molar refractivity (Wildman–Crippen MR) is 151 cm³/mol. The van der Waals surface area contributed by atoms with E-state index >= 15 is 4.39 Å². The number of fused-ring (bicyclic) bond motifs is 1. The Hall–Kier alpha value is -2.89. The highest BCUT2D eigenvalue weighted by atomic mass is 35.5. The van der Waals surface area contributed by atoms with Gasteiger partial charge in [-0.3, -0.25) is 4.79 Å². The number of thiophene rings is 1. The van der Waals surface area contributed by atoms with Gasteiger partial charge in [0.25, 0.3) is 5.91 Å². The molecule has 0 saturated heterocycles. The molecule has 192 valence electrons. The van der Waals surface area contributed by atoms with Crippen LogP contribution in [-0.2, 0) is 6.54 Å². The van der Waals surface area contributed by atoms with E-state index in [2.05, 4.69) is 6.92 Å². The van der Waals surface area contributed by atoms with E-state index < -0.39 is 0 Å². The number of amides is 1. The zero-order chi connectivity index (χ0) is 25.9. The van der Waals surface area contributed by atoms with Crippen LogP contribution in [0.2, 0.25) is 5.02 Å². The molecule has 3 nitrogen and oxygen atoms in total. The van der Waals surface area contributed by atoms with Crippen molar-refractivity contribution in [3.8, 4) is 16.9 Å². The average molecular weight is 536 g/mol. The van der Waals surface area contributed by atoms with Gasteiger partial charge in [0.2, 0.25) is 0 Å². The van der Waals surface area contributed by atoms with Crippen LogP contribution >= 0.6 is 22.9 Å². The van der Waals surface area contributed by atoms with E-state index in [4.69, 9.17) is 16.3 Å². The zero-order valence-corrected chi connectivity index (χ0v) is 22.7. The van der Waals surface area contributed by atoms with Crippen molar-refractivity contribution < 1.29 is 13.9 Å². The largest absolute Gasteiger partial charge is 0.497 e. The smallest absolute Gasteiger partial charge is 0.265 e. The van der Waals surface area contributed by atoms with E-state index in [1.807, 2.05) is 59.5 Å². The van der Waals surface area contributed by atoms with Crippen LogP contribution in [-0.4, -0.2) is 24.5 Å². The van der Waals surface area contributed by atoms with Crippen LogP contribution in [0.1, 0.15) is 47.8 Å². The Balaban J connectivity index is 1.46. The van der Waals surface area contributed by atoms with Crippen molar-refractivity contribution >= 4 is 38.9 Å². The van der Waals surface area contributed by atoms with Crippen LogP contribution in [0.4, 0.5) is 4.39 Å². The van der Waals surface area contributed by atoms with Crippen LogP contribution in [0.5, 0.6) is 5.75 Å². The Bertz CT molecular complexity index is 1390. The van der Waals surface area contributed by atoms with Gasteiger partial charge in [0.05, 0.1) is 12.1 Å². The number of hydrogen-bond donors (Lipinski definition) is 0. The molecule has 6 heteroatoms. The summed E-state index contributed by atoms with van der Waals surface area (Å²) in [5.74, 6) is 1.45. The minimum absolute atomic E-state index is 0.126. The zero-order valence-electron chi connectivity index (χ0n) is 21.2. The summed E-state index contributed by atoms with van der Waals surface area (Å²) >= 11 is 8.11. The van der Waals surface area contributed by atoms with E-state index in [9.17, 15) is 4.79 Å². The summed E-state index contributed by atoms with van der Waals surface area (Å²) in [4.78, 5) is 16.3. The first-order valence-electron chi connectivity index (χ1n) is 12.8. The van der Waals surface area contributed by atoms with Crippen LogP contribution < -0.4 is 4.74 Å². The van der Waals surface area contributed by atoms with Crippen molar-refractivity contribution in [2.24, 2.45) is 11.8 Å². The lowest BCUT2D eigenvalue weighted by Gasteiger charge is -2.32. The van der Waals surface area contributed by atoms with Crippen LogP contribution in [0.3, 0.4) is 0 Å². The number of carbonyl (C=O) groups is 1. The first kappa shape index (κ1) is 25.7. The van der Waals surface area contributed by atoms with Gasteiger partial charge in [0.15, 0.2) is 0 Å². The highest BCUT2D eigenvalue weighted by Crippen LogP contribution is 2.37. The maximum absolute atomic E-state index is 15.1. The highest BCUT2D eigenvalue weighted by molar-refractivity contribution is 7.21. The SMILES string of the molecule is COc1ccc(-c2ccc(F)c(CN(CC3CCC(C)CC3)C(=O)c3sc4ccccc4c3Cl)c2)cc1. The molecule has 0 atom stereocenters. The summed E-state index contributed by atoms with van der Waals surface area (Å²) < 4.78 is 21.4. The second kappa shape index (κ2) is 11.2. The first-order chi connectivity index (χ1) is 17.9. The molecule has 4 aromatic rings. The number of halogens is 2. The van der Waals surface area contributed by atoms with Crippen molar-refractivity contribution in [2.45, 2.75) is 39.2 Å². The third kappa shape index (κ3) is 5.68. The fourth-order valence-electron chi connectivity index (χ4n) is 5.20. The van der Waals surface area contributed by atoms with Crippen molar-refractivity contribution in [3.63, 3.8) is 0 Å². The maximum Gasteiger partial charge on any atom is 0.265 e. The van der Waals surface area contributed by atoms with Crippen LogP contribution in [0.15, 0.2) is 66.7 Å². The molecule has 0 radical (unpaired) electrons. The lowest BCUT2D eigenvalue weighted by molar-refractivity contribution is 0.0695. The molecule has 0 spiro atoms. The number of rotatable bonds is 7. The van der Waals surface area contributed by atoms with Crippen molar-refractivity contribution in [3.05, 3.63) is 88.0 Å². The average Bonchev–Trinajstić information content (AvgIpc) is 3.26. The molecule has 1 aliphatic carbocycles. The molecule has 0 N–H and O–H groups in total. The Kier molecular flexibility index (Phi) is 7.82. The minimum Gasteiger partial charge on any atom is -0.497 e. The molecular weight excluding hydrogens is 505 g/mol. The fraction of sp³-hybridized carbons (Fsp3) is 0.323. The maximum atomic E-state index is 15.1. The number of benzene rings is 3. The molecule has 1 heterocycles. The van der Waals surface area contributed by atoms with Gasteiger partial charge in [-0.1, -0.05) is 67.8 Å². The van der Waals surface area contributed by atoms with Crippen molar-refractivity contribution in [2.75, 3.05) is 13.7 Å². The Labute approximate surface area is 226 Å². The Morgan fingerprint density at radius 3 is 2.43 bits per heavy atom. The molecule has 1 saturated carbocycles. The summed E-state index contributed by atoms with van der Waals surface area (Å²) in [7, 11) is 1.63. The van der Waals surface area contributed by atoms with Crippen LogP contribution in [0, 0.1) is 17.7 Å². The lowest BCUT2D eigenvalue weighted by atomic mass is 9.82. The standard InChI is InChI=1S/C31H31ClFNO2S/c1-20-7-9-21(10-8-20)18-34(31(35)30-29(32)26-5-3-4-6-28(26)37-30)19-24-17-23(13-16-27(24)33)22-11-14-25(36-2)15-12-22/h3-6,11-17,20-21H,7-10,18-19H2,1-2H3. The molecule has 0 unspecified atom stereocenters. The Morgan fingerprint density at radius 1 is 1.03 bits per heavy atom. The third-order valence-corrected chi connectivity index (χ3v) is 9.12. The molecular formula is C31H31ClFNO2S. The topological polar surface area (TPSA) is 29.5 Å². The third-order valence-electron chi connectivity index (χ3n) is 7.46. The molecule has 1 amide bonds. The highest BCUT2D eigenvalue weighted by Gasteiger charge is 2.28. The number of carbonyl (C=O) groups excluding carboxylic acids is 1. The summed E-state index contributed by atoms with van der Waals surface area (Å²) in [6.45, 7) is 3.09. The molecule has 1 fully saturated rings. The molecule has 0 bridgehead atoms. The lowest BCUT2D eigenvalue weighted by Crippen LogP contribution is -2.36. The number of nitrogens with zero attached hydrogens (tertiary/aromatic N) is 1. The van der Waals surface area contributed by atoms with E-state index in [-0.39, 0.29) is 18.3 Å². The van der Waals surface area contributed by atoms with Gasteiger partial charge in [-0.2, -0.15) is 0 Å². The molecule has 1 aromatic heterocycles. The molecule has 0 aliphatic heterocycles. The normalized spacial score (nSPS) is 17.6. The van der Waals surface area contributed by atoms with Gasteiger partial charge >= 0.3 is 0 Å². The van der Waals surface area contributed by atoms with E-state index in [1.54, 1.807) is 13.2 Å². The van der Waals surface area contributed by atoms with E-state index in [1.165, 1.54) is 17.4 Å². The summed E-state index contributed by atoms with van der Waals surface area (Å²) in [5.41, 5.74) is 2.37. The van der Waals surface area contributed by atoms with Gasteiger partial charge in [-0.05, 0) is 66.1 Å². The van der Waals surface area contributed by atoms with Gasteiger partial charge in [0, 0.05) is 28.7 Å².